The highest BCUT2D eigenvalue weighted by Crippen LogP contribution is 2.26. The number of amides is 2. The van der Waals surface area contributed by atoms with Gasteiger partial charge < -0.3 is 15.0 Å². The fraction of sp³-hybridized carbons (Fsp3) is 0.364. The Bertz CT molecular complexity index is 837. The molecule has 1 atom stereocenters. The van der Waals surface area contributed by atoms with Crippen LogP contribution in [-0.4, -0.2) is 36.4 Å². The van der Waals surface area contributed by atoms with E-state index in [1.807, 2.05) is 31.2 Å². The minimum absolute atomic E-state index is 0.00781. The van der Waals surface area contributed by atoms with Crippen LogP contribution in [0.2, 0.25) is 10.0 Å². The fourth-order valence-electron chi connectivity index (χ4n) is 2.90. The first-order chi connectivity index (χ1) is 13.9. The number of methoxy groups -OCH3 is 1. The Kier molecular flexibility index (Phi) is 8.80. The second-order valence-corrected chi connectivity index (χ2v) is 7.53. The van der Waals surface area contributed by atoms with E-state index in [0.717, 1.165) is 12.0 Å². The van der Waals surface area contributed by atoms with Crippen molar-refractivity contribution in [3.8, 4) is 5.75 Å². The first kappa shape index (κ1) is 23.0. The number of nitrogens with one attached hydrogen (secondary N) is 1. The normalized spacial score (nSPS) is 11.6. The molecule has 29 heavy (non-hydrogen) atoms. The standard InChI is InChI=1S/C22H26Cl2N2O3/c1-4-11-25-22(28)15(2)26(14-16-7-5-8-17(12-16)29-3)21(27)13-18-19(23)9-6-10-20(18)24/h5-10,12,15H,4,11,13-14H2,1-3H3,(H,25,28)/t15-/m1/s1. The van der Waals surface area contributed by atoms with Crippen LogP contribution in [0.1, 0.15) is 31.4 Å². The third-order valence-electron chi connectivity index (χ3n) is 4.59. The van der Waals surface area contributed by atoms with Gasteiger partial charge >= 0.3 is 0 Å². The van der Waals surface area contributed by atoms with Crippen molar-refractivity contribution in [1.29, 1.82) is 0 Å². The summed E-state index contributed by atoms with van der Waals surface area (Å²) >= 11 is 12.5. The Balaban J connectivity index is 2.29. The molecule has 2 aromatic carbocycles. The molecule has 1 N–H and O–H groups in total. The van der Waals surface area contributed by atoms with E-state index < -0.39 is 6.04 Å². The monoisotopic (exact) mass is 436 g/mol. The summed E-state index contributed by atoms with van der Waals surface area (Å²) in [6.45, 7) is 4.51. The molecule has 2 rings (SSSR count). The summed E-state index contributed by atoms with van der Waals surface area (Å²) in [5.41, 5.74) is 1.41. The van der Waals surface area contributed by atoms with E-state index in [1.54, 1.807) is 37.1 Å². The molecule has 0 aliphatic carbocycles. The SMILES string of the molecule is CCCNC(=O)[C@@H](C)N(Cc1cccc(OC)c1)C(=O)Cc1c(Cl)cccc1Cl. The summed E-state index contributed by atoms with van der Waals surface area (Å²) in [7, 11) is 1.59. The molecular weight excluding hydrogens is 411 g/mol. The number of ether oxygens (including phenoxy) is 1. The summed E-state index contributed by atoms with van der Waals surface area (Å²) in [5.74, 6) is 0.252. The maximum Gasteiger partial charge on any atom is 0.242 e. The van der Waals surface area contributed by atoms with Gasteiger partial charge in [0.25, 0.3) is 0 Å². The van der Waals surface area contributed by atoms with Crippen LogP contribution in [0.15, 0.2) is 42.5 Å². The summed E-state index contributed by atoms with van der Waals surface area (Å²) < 4.78 is 5.27. The second kappa shape index (κ2) is 11.1. The molecule has 0 spiro atoms. The van der Waals surface area contributed by atoms with Crippen molar-refractivity contribution in [2.45, 2.75) is 39.3 Å². The number of halogens is 2. The molecule has 0 fully saturated rings. The van der Waals surface area contributed by atoms with Crippen LogP contribution in [0, 0.1) is 0 Å². The topological polar surface area (TPSA) is 58.6 Å². The van der Waals surface area contributed by atoms with Crippen LogP contribution in [0.25, 0.3) is 0 Å². The van der Waals surface area contributed by atoms with Crippen LogP contribution < -0.4 is 10.1 Å². The maximum absolute atomic E-state index is 13.2. The van der Waals surface area contributed by atoms with Crippen molar-refractivity contribution >= 4 is 35.0 Å². The Morgan fingerprint density at radius 3 is 2.41 bits per heavy atom. The minimum Gasteiger partial charge on any atom is -0.497 e. The Morgan fingerprint density at radius 1 is 1.14 bits per heavy atom. The molecule has 0 bridgehead atoms. The smallest absolute Gasteiger partial charge is 0.242 e. The molecule has 0 unspecified atom stereocenters. The first-order valence-electron chi connectivity index (χ1n) is 9.50. The molecule has 156 valence electrons. The lowest BCUT2D eigenvalue weighted by molar-refractivity contribution is -0.140. The van der Waals surface area contributed by atoms with Crippen LogP contribution >= 0.6 is 23.2 Å². The van der Waals surface area contributed by atoms with Gasteiger partial charge in [0.15, 0.2) is 0 Å². The summed E-state index contributed by atoms with van der Waals surface area (Å²) in [6.07, 6.45) is 0.825. The molecule has 2 amide bonds. The third-order valence-corrected chi connectivity index (χ3v) is 5.30. The van der Waals surface area contributed by atoms with Gasteiger partial charge in [-0.1, -0.05) is 48.3 Å². The summed E-state index contributed by atoms with van der Waals surface area (Å²) in [5, 5.41) is 3.71. The van der Waals surface area contributed by atoms with Crippen LogP contribution in [0.5, 0.6) is 5.75 Å². The number of rotatable bonds is 9. The Hall–Kier alpha value is -2.24. The molecule has 0 saturated carbocycles. The number of benzene rings is 2. The zero-order valence-electron chi connectivity index (χ0n) is 16.9. The summed E-state index contributed by atoms with van der Waals surface area (Å²) in [4.78, 5) is 27.3. The fourth-order valence-corrected chi connectivity index (χ4v) is 3.43. The molecule has 0 aliphatic rings. The van der Waals surface area contributed by atoms with Gasteiger partial charge in [-0.05, 0) is 48.7 Å². The molecule has 0 radical (unpaired) electrons. The lowest BCUT2D eigenvalue weighted by Gasteiger charge is -2.29. The van der Waals surface area contributed by atoms with Gasteiger partial charge in [-0.25, -0.2) is 0 Å². The van der Waals surface area contributed by atoms with E-state index in [0.29, 0.717) is 27.9 Å². The molecule has 0 saturated heterocycles. The Labute approximate surface area is 181 Å². The van der Waals surface area contributed by atoms with E-state index in [9.17, 15) is 9.59 Å². The zero-order valence-corrected chi connectivity index (χ0v) is 18.4. The average molecular weight is 437 g/mol. The number of nitrogens with zero attached hydrogens (tertiary/aromatic N) is 1. The maximum atomic E-state index is 13.2. The van der Waals surface area contributed by atoms with E-state index in [-0.39, 0.29) is 24.8 Å². The second-order valence-electron chi connectivity index (χ2n) is 6.72. The lowest BCUT2D eigenvalue weighted by atomic mass is 10.1. The van der Waals surface area contributed by atoms with E-state index in [2.05, 4.69) is 5.32 Å². The van der Waals surface area contributed by atoms with Crippen LogP contribution in [0.3, 0.4) is 0 Å². The predicted octanol–water partition coefficient (Wildman–Crippen LogP) is 4.49. The summed E-state index contributed by atoms with van der Waals surface area (Å²) in [6, 6.07) is 11.9. The van der Waals surface area contributed by atoms with Crippen LogP contribution in [-0.2, 0) is 22.6 Å². The number of carbonyl (C=O) groups excluding carboxylic acids is 2. The quantitative estimate of drug-likeness (QED) is 0.629. The van der Waals surface area contributed by atoms with Gasteiger partial charge in [-0.15, -0.1) is 0 Å². The van der Waals surface area contributed by atoms with Crippen molar-refractivity contribution in [2.75, 3.05) is 13.7 Å². The van der Waals surface area contributed by atoms with E-state index in [4.69, 9.17) is 27.9 Å². The molecule has 0 aromatic heterocycles. The third kappa shape index (κ3) is 6.38. The number of hydrogen-bond donors (Lipinski definition) is 1. The Morgan fingerprint density at radius 2 is 1.79 bits per heavy atom. The van der Waals surface area contributed by atoms with Gasteiger partial charge in [-0.2, -0.15) is 0 Å². The highest BCUT2D eigenvalue weighted by atomic mass is 35.5. The van der Waals surface area contributed by atoms with Gasteiger partial charge in [0.1, 0.15) is 11.8 Å². The average Bonchev–Trinajstić information content (AvgIpc) is 2.72. The molecule has 2 aromatic rings. The molecule has 5 nitrogen and oxygen atoms in total. The highest BCUT2D eigenvalue weighted by Gasteiger charge is 2.27. The van der Waals surface area contributed by atoms with Crippen molar-refractivity contribution in [2.24, 2.45) is 0 Å². The molecule has 7 heteroatoms. The van der Waals surface area contributed by atoms with E-state index >= 15 is 0 Å². The minimum atomic E-state index is -0.651. The van der Waals surface area contributed by atoms with Crippen molar-refractivity contribution in [3.05, 3.63) is 63.6 Å². The molecular formula is C22H26Cl2N2O3. The number of hydrogen-bond acceptors (Lipinski definition) is 3. The first-order valence-corrected chi connectivity index (χ1v) is 10.3. The van der Waals surface area contributed by atoms with Gasteiger partial charge in [-0.3, -0.25) is 9.59 Å². The predicted molar refractivity (Wildman–Crippen MR) is 116 cm³/mol. The van der Waals surface area contributed by atoms with Gasteiger partial charge in [0.2, 0.25) is 11.8 Å². The van der Waals surface area contributed by atoms with Crippen molar-refractivity contribution in [3.63, 3.8) is 0 Å². The lowest BCUT2D eigenvalue weighted by Crippen LogP contribution is -2.48. The van der Waals surface area contributed by atoms with Gasteiger partial charge in [0.05, 0.1) is 13.5 Å². The van der Waals surface area contributed by atoms with Crippen molar-refractivity contribution in [1.82, 2.24) is 10.2 Å². The zero-order chi connectivity index (χ0) is 21.4. The number of carbonyl (C=O) groups is 2. The highest BCUT2D eigenvalue weighted by molar-refractivity contribution is 6.36. The van der Waals surface area contributed by atoms with Crippen molar-refractivity contribution < 1.29 is 14.3 Å². The molecule has 0 aliphatic heterocycles. The van der Waals surface area contributed by atoms with E-state index in [1.165, 1.54) is 0 Å². The van der Waals surface area contributed by atoms with Gasteiger partial charge in [0, 0.05) is 23.1 Å². The molecule has 0 heterocycles. The largest absolute Gasteiger partial charge is 0.497 e. The van der Waals surface area contributed by atoms with Crippen LogP contribution in [0.4, 0.5) is 0 Å².